The Hall–Kier alpha value is -1.40. The molecule has 2 aliphatic rings. The van der Waals surface area contributed by atoms with Crippen molar-refractivity contribution < 1.29 is 14.3 Å². The van der Waals surface area contributed by atoms with Crippen LogP contribution < -0.4 is 5.32 Å². The smallest absolute Gasteiger partial charge is 0.220 e. The van der Waals surface area contributed by atoms with E-state index < -0.39 is 0 Å². The fourth-order valence-electron chi connectivity index (χ4n) is 4.15. The molecule has 6 heteroatoms. The lowest BCUT2D eigenvalue weighted by Crippen LogP contribution is -2.38. The van der Waals surface area contributed by atoms with E-state index in [4.69, 9.17) is 9.47 Å². The van der Waals surface area contributed by atoms with Crippen LogP contribution in [0.15, 0.2) is 0 Å². The van der Waals surface area contributed by atoms with Crippen molar-refractivity contribution >= 4 is 5.91 Å². The molecule has 2 heterocycles. The molecule has 6 nitrogen and oxygen atoms in total. The fourth-order valence-corrected chi connectivity index (χ4v) is 4.15. The molecule has 1 saturated heterocycles. The summed E-state index contributed by atoms with van der Waals surface area (Å²) in [6.07, 6.45) is 4.66. The number of aromatic amines is 1. The Kier molecular flexibility index (Phi) is 5.49. The van der Waals surface area contributed by atoms with Gasteiger partial charge in [0.1, 0.15) is 6.10 Å². The van der Waals surface area contributed by atoms with E-state index in [1.54, 1.807) is 0 Å². The normalized spacial score (nSPS) is 30.6. The van der Waals surface area contributed by atoms with E-state index in [0.717, 1.165) is 48.6 Å². The molecule has 140 valence electrons. The number of carbonyl (C=O) groups excluding carboxylic acids is 1. The maximum atomic E-state index is 12.3. The van der Waals surface area contributed by atoms with E-state index in [1.807, 2.05) is 13.8 Å². The number of aromatic nitrogens is 2. The standard InChI is InChI=1S/C19H31N3O3/c1-12-5-7-19(8-6-12)24-11-16(25-19)10-20-17(23)9-13(2)18-14(3)21-22-15(18)4/h12-13,16H,5-11H2,1-4H3,(H,20,23)(H,21,22)/t12?,13-,16-,19?/m0/s1. The highest BCUT2D eigenvalue weighted by Crippen LogP contribution is 2.39. The molecule has 0 bridgehead atoms. The minimum absolute atomic E-state index is 0.0370. The molecule has 1 amide bonds. The summed E-state index contributed by atoms with van der Waals surface area (Å²) < 4.78 is 12.1. The van der Waals surface area contributed by atoms with Gasteiger partial charge in [-0.2, -0.15) is 5.10 Å². The van der Waals surface area contributed by atoms with Crippen molar-refractivity contribution in [3.63, 3.8) is 0 Å². The second-order valence-corrected chi connectivity index (χ2v) is 7.90. The van der Waals surface area contributed by atoms with E-state index in [9.17, 15) is 4.79 Å². The molecule has 2 fully saturated rings. The van der Waals surface area contributed by atoms with Crippen LogP contribution in [-0.4, -0.2) is 41.1 Å². The Morgan fingerprint density at radius 3 is 2.76 bits per heavy atom. The van der Waals surface area contributed by atoms with Crippen molar-refractivity contribution in [1.29, 1.82) is 0 Å². The van der Waals surface area contributed by atoms with Crippen LogP contribution in [0.1, 0.15) is 68.8 Å². The first-order valence-electron chi connectivity index (χ1n) is 9.48. The second-order valence-electron chi connectivity index (χ2n) is 7.90. The number of ether oxygens (including phenoxy) is 2. The third-order valence-corrected chi connectivity index (χ3v) is 5.65. The van der Waals surface area contributed by atoms with Crippen LogP contribution in [0.3, 0.4) is 0 Å². The number of hydrogen-bond donors (Lipinski definition) is 2. The van der Waals surface area contributed by atoms with Gasteiger partial charge in [-0.3, -0.25) is 9.89 Å². The van der Waals surface area contributed by atoms with Crippen LogP contribution in [0.4, 0.5) is 0 Å². The molecule has 25 heavy (non-hydrogen) atoms. The predicted molar refractivity (Wildman–Crippen MR) is 95.3 cm³/mol. The molecular weight excluding hydrogens is 318 g/mol. The summed E-state index contributed by atoms with van der Waals surface area (Å²) >= 11 is 0. The highest BCUT2D eigenvalue weighted by atomic mass is 16.7. The average Bonchev–Trinajstić information content (AvgIpc) is 3.12. The van der Waals surface area contributed by atoms with Crippen LogP contribution in [0.2, 0.25) is 0 Å². The Bertz CT molecular complexity index is 586. The van der Waals surface area contributed by atoms with Gasteiger partial charge in [-0.15, -0.1) is 0 Å². The summed E-state index contributed by atoms with van der Waals surface area (Å²) in [5.41, 5.74) is 3.16. The third kappa shape index (κ3) is 4.23. The summed E-state index contributed by atoms with van der Waals surface area (Å²) in [5, 5.41) is 10.2. The molecule has 1 aliphatic carbocycles. The molecular formula is C19H31N3O3. The quantitative estimate of drug-likeness (QED) is 0.857. The minimum atomic E-state index is -0.389. The summed E-state index contributed by atoms with van der Waals surface area (Å²) in [6, 6.07) is 0. The molecule has 1 aromatic heterocycles. The zero-order chi connectivity index (χ0) is 18.0. The van der Waals surface area contributed by atoms with Gasteiger partial charge >= 0.3 is 0 Å². The molecule has 2 atom stereocenters. The van der Waals surface area contributed by atoms with Crippen LogP contribution in [0.25, 0.3) is 0 Å². The summed E-state index contributed by atoms with van der Waals surface area (Å²) in [4.78, 5) is 12.3. The lowest BCUT2D eigenvalue weighted by atomic mass is 9.86. The molecule has 1 aromatic rings. The zero-order valence-corrected chi connectivity index (χ0v) is 15.9. The number of carbonyl (C=O) groups is 1. The van der Waals surface area contributed by atoms with Crippen molar-refractivity contribution in [2.75, 3.05) is 13.2 Å². The Morgan fingerprint density at radius 1 is 1.40 bits per heavy atom. The van der Waals surface area contributed by atoms with E-state index in [1.165, 1.54) is 0 Å². The molecule has 0 radical (unpaired) electrons. The van der Waals surface area contributed by atoms with Gasteiger partial charge < -0.3 is 14.8 Å². The maximum absolute atomic E-state index is 12.3. The summed E-state index contributed by atoms with van der Waals surface area (Å²) in [5.74, 6) is 0.563. The Labute approximate surface area is 150 Å². The van der Waals surface area contributed by atoms with E-state index in [0.29, 0.717) is 19.6 Å². The van der Waals surface area contributed by atoms with Gasteiger partial charge in [-0.05, 0) is 44.1 Å². The zero-order valence-electron chi connectivity index (χ0n) is 15.9. The number of nitrogens with one attached hydrogen (secondary N) is 2. The van der Waals surface area contributed by atoms with Crippen molar-refractivity contribution in [1.82, 2.24) is 15.5 Å². The predicted octanol–water partition coefficient (Wildman–Crippen LogP) is 2.96. The molecule has 2 N–H and O–H groups in total. The average molecular weight is 349 g/mol. The van der Waals surface area contributed by atoms with Crippen molar-refractivity contribution in [2.24, 2.45) is 5.92 Å². The molecule has 0 aromatic carbocycles. The monoisotopic (exact) mass is 349 g/mol. The number of nitrogens with zero attached hydrogens (tertiary/aromatic N) is 1. The number of hydrogen-bond acceptors (Lipinski definition) is 4. The van der Waals surface area contributed by atoms with E-state index in [-0.39, 0.29) is 23.7 Å². The van der Waals surface area contributed by atoms with Gasteiger partial charge in [0.25, 0.3) is 0 Å². The number of aryl methyl sites for hydroxylation is 2. The molecule has 0 unspecified atom stereocenters. The lowest BCUT2D eigenvalue weighted by Gasteiger charge is -2.34. The van der Waals surface area contributed by atoms with E-state index in [2.05, 4.69) is 29.4 Å². The first-order chi connectivity index (χ1) is 11.9. The van der Waals surface area contributed by atoms with Gasteiger partial charge in [0.2, 0.25) is 5.91 Å². The van der Waals surface area contributed by atoms with Crippen LogP contribution in [0, 0.1) is 19.8 Å². The maximum Gasteiger partial charge on any atom is 0.220 e. The number of H-pyrrole nitrogens is 1. The largest absolute Gasteiger partial charge is 0.353 e. The molecule has 1 saturated carbocycles. The van der Waals surface area contributed by atoms with E-state index >= 15 is 0 Å². The van der Waals surface area contributed by atoms with Gasteiger partial charge in [-0.25, -0.2) is 0 Å². The van der Waals surface area contributed by atoms with Crippen molar-refractivity contribution in [3.8, 4) is 0 Å². The molecule has 3 rings (SSSR count). The third-order valence-electron chi connectivity index (χ3n) is 5.65. The molecule has 1 spiro atoms. The minimum Gasteiger partial charge on any atom is -0.353 e. The van der Waals surface area contributed by atoms with Crippen molar-refractivity contribution in [2.45, 2.75) is 77.6 Å². The first kappa shape index (κ1) is 18.4. The second kappa shape index (κ2) is 7.46. The molecule has 1 aliphatic heterocycles. The highest BCUT2D eigenvalue weighted by Gasteiger charge is 2.43. The summed E-state index contributed by atoms with van der Waals surface area (Å²) in [7, 11) is 0. The SMILES string of the molecule is Cc1n[nH]c(C)c1[C@@H](C)CC(=O)NC[C@H]1COC2(CCC(C)CC2)O1. The first-order valence-corrected chi connectivity index (χ1v) is 9.48. The Morgan fingerprint density at radius 2 is 2.12 bits per heavy atom. The highest BCUT2D eigenvalue weighted by molar-refractivity contribution is 5.76. The van der Waals surface area contributed by atoms with Crippen molar-refractivity contribution in [3.05, 3.63) is 17.0 Å². The fraction of sp³-hybridized carbons (Fsp3) is 0.789. The van der Waals surface area contributed by atoms with Crippen LogP contribution in [-0.2, 0) is 14.3 Å². The lowest BCUT2D eigenvalue weighted by molar-refractivity contribution is -0.191. The number of amides is 1. The van der Waals surface area contributed by atoms with Gasteiger partial charge in [0.05, 0.1) is 12.3 Å². The van der Waals surface area contributed by atoms with Crippen LogP contribution in [0.5, 0.6) is 0 Å². The van der Waals surface area contributed by atoms with Gasteiger partial charge in [0.15, 0.2) is 5.79 Å². The van der Waals surface area contributed by atoms with Gasteiger partial charge in [0, 0.05) is 31.5 Å². The van der Waals surface area contributed by atoms with Gasteiger partial charge in [-0.1, -0.05) is 13.8 Å². The van der Waals surface area contributed by atoms with Crippen LogP contribution >= 0.6 is 0 Å². The Balaban J connectivity index is 1.44. The topological polar surface area (TPSA) is 76.2 Å². The number of rotatable bonds is 5. The summed E-state index contributed by atoms with van der Waals surface area (Å²) in [6.45, 7) is 9.41.